The molecule has 0 saturated carbocycles. The van der Waals surface area contributed by atoms with E-state index < -0.39 is 18.0 Å². The third-order valence-electron chi connectivity index (χ3n) is 5.83. The maximum Gasteiger partial charge on any atom is 0.338 e. The highest BCUT2D eigenvalue weighted by atomic mass is 16.5. The van der Waals surface area contributed by atoms with Crippen LogP contribution in [0.3, 0.4) is 0 Å². The number of rotatable bonds is 8. The molecule has 0 unspecified atom stereocenters. The highest BCUT2D eigenvalue weighted by Crippen LogP contribution is 2.29. The number of esters is 1. The number of amides is 3. The van der Waals surface area contributed by atoms with Crippen molar-refractivity contribution in [1.29, 1.82) is 0 Å². The first-order valence-corrected chi connectivity index (χ1v) is 11.1. The minimum absolute atomic E-state index is 0.109. The molecule has 0 aliphatic carbocycles. The molecule has 2 aliphatic heterocycles. The quantitative estimate of drug-likeness (QED) is 0.530. The Morgan fingerprint density at radius 2 is 2.03 bits per heavy atom. The molecule has 33 heavy (non-hydrogen) atoms. The van der Waals surface area contributed by atoms with Crippen molar-refractivity contribution in [2.45, 2.75) is 38.4 Å². The Bertz CT molecular complexity index is 1020. The molecular weight excluding hydrogens is 424 g/mol. The molecule has 1 saturated heterocycles. The van der Waals surface area contributed by atoms with Gasteiger partial charge in [-0.2, -0.15) is 0 Å². The van der Waals surface area contributed by atoms with Crippen molar-refractivity contribution in [3.05, 3.63) is 71.3 Å². The molecule has 3 amide bonds. The second kappa shape index (κ2) is 10.4. The van der Waals surface area contributed by atoms with E-state index in [0.29, 0.717) is 36.5 Å². The van der Waals surface area contributed by atoms with Crippen molar-refractivity contribution in [2.75, 3.05) is 19.7 Å². The van der Waals surface area contributed by atoms with Crippen LogP contribution in [0.5, 0.6) is 0 Å². The molecular formula is C24H28N4O5. The van der Waals surface area contributed by atoms with Crippen LogP contribution in [-0.4, -0.2) is 48.5 Å². The van der Waals surface area contributed by atoms with Gasteiger partial charge in [-0.15, -0.1) is 0 Å². The number of urea groups is 1. The average Bonchev–Trinajstić information content (AvgIpc) is 3.50. The van der Waals surface area contributed by atoms with Crippen LogP contribution in [0, 0.1) is 0 Å². The lowest BCUT2D eigenvalue weighted by Crippen LogP contribution is -2.50. The van der Waals surface area contributed by atoms with Crippen LogP contribution < -0.4 is 16.0 Å². The Hall–Kier alpha value is -3.59. The molecule has 1 aromatic carbocycles. The molecule has 0 spiro atoms. The van der Waals surface area contributed by atoms with Crippen LogP contribution in [0.25, 0.3) is 0 Å². The smallest absolute Gasteiger partial charge is 0.338 e. The predicted molar refractivity (Wildman–Crippen MR) is 120 cm³/mol. The summed E-state index contributed by atoms with van der Waals surface area (Å²) in [5.74, 6) is 0.0745. The van der Waals surface area contributed by atoms with E-state index in [1.807, 2.05) is 35.2 Å². The van der Waals surface area contributed by atoms with Crippen LogP contribution >= 0.6 is 0 Å². The zero-order valence-corrected chi connectivity index (χ0v) is 18.5. The first-order chi connectivity index (χ1) is 16.1. The lowest BCUT2D eigenvalue weighted by Gasteiger charge is -2.32. The van der Waals surface area contributed by atoms with Crippen LogP contribution in [0.15, 0.2) is 64.4 Å². The van der Waals surface area contributed by atoms with Gasteiger partial charge in [-0.1, -0.05) is 30.3 Å². The fraction of sp³-hybridized carbons (Fsp3) is 0.375. The van der Waals surface area contributed by atoms with Gasteiger partial charge >= 0.3 is 12.0 Å². The number of likely N-dealkylation sites (tertiary alicyclic amines) is 1. The molecule has 2 aromatic rings. The maximum absolute atomic E-state index is 12.9. The molecule has 9 nitrogen and oxygen atoms in total. The number of nitrogens with zero attached hydrogens (tertiary/aromatic N) is 1. The Kier molecular flexibility index (Phi) is 7.09. The summed E-state index contributed by atoms with van der Waals surface area (Å²) in [5.41, 5.74) is 1.59. The zero-order valence-electron chi connectivity index (χ0n) is 18.5. The zero-order chi connectivity index (χ0) is 23.2. The standard InChI is InChI=1S/C24H28N4O5/c1-2-32-23(30)20-18(26-24(31)27-21(20)16-8-4-3-5-9-16)15-28-12-6-11-19(28)22(29)25-14-17-10-7-13-33-17/h3-5,7-10,13,19,21H,2,6,11-12,14-15H2,1H3,(H,25,29)(H2,26,27,31)/t19-,21-/m1/s1. The number of carbonyl (C=O) groups is 3. The number of hydrogen-bond acceptors (Lipinski definition) is 6. The number of hydrogen-bond donors (Lipinski definition) is 3. The summed E-state index contributed by atoms with van der Waals surface area (Å²) in [6.07, 6.45) is 3.10. The van der Waals surface area contributed by atoms with Gasteiger partial charge < -0.3 is 25.1 Å². The molecule has 0 bridgehead atoms. The Morgan fingerprint density at radius 3 is 2.76 bits per heavy atom. The number of furan rings is 1. The minimum Gasteiger partial charge on any atom is -0.467 e. The topological polar surface area (TPSA) is 113 Å². The molecule has 2 atom stereocenters. The van der Waals surface area contributed by atoms with Crippen LogP contribution in [0.4, 0.5) is 4.79 Å². The molecule has 1 fully saturated rings. The highest BCUT2D eigenvalue weighted by molar-refractivity contribution is 5.95. The van der Waals surface area contributed by atoms with Crippen molar-refractivity contribution < 1.29 is 23.5 Å². The van der Waals surface area contributed by atoms with Gasteiger partial charge in [-0.25, -0.2) is 9.59 Å². The first-order valence-electron chi connectivity index (χ1n) is 11.1. The second-order valence-electron chi connectivity index (χ2n) is 7.98. The summed E-state index contributed by atoms with van der Waals surface area (Å²) in [5, 5.41) is 8.53. The molecule has 3 N–H and O–H groups in total. The van der Waals surface area contributed by atoms with Gasteiger partial charge in [0.25, 0.3) is 0 Å². The summed E-state index contributed by atoms with van der Waals surface area (Å²) in [6, 6.07) is 11.5. The molecule has 4 rings (SSSR count). The van der Waals surface area contributed by atoms with Crippen molar-refractivity contribution >= 4 is 17.9 Å². The molecule has 174 valence electrons. The van der Waals surface area contributed by atoms with Gasteiger partial charge in [0, 0.05) is 12.2 Å². The Morgan fingerprint density at radius 1 is 1.21 bits per heavy atom. The van der Waals surface area contributed by atoms with E-state index in [2.05, 4.69) is 16.0 Å². The lowest BCUT2D eigenvalue weighted by molar-refractivity contribution is -0.139. The molecule has 0 radical (unpaired) electrons. The van der Waals surface area contributed by atoms with E-state index in [1.54, 1.807) is 25.3 Å². The Labute approximate surface area is 192 Å². The molecule has 2 aliphatic rings. The summed E-state index contributed by atoms with van der Waals surface area (Å²) in [7, 11) is 0. The minimum atomic E-state index is -0.636. The Balaban J connectivity index is 1.57. The van der Waals surface area contributed by atoms with Gasteiger partial charge in [-0.3, -0.25) is 9.69 Å². The monoisotopic (exact) mass is 452 g/mol. The normalized spacial score (nSPS) is 20.8. The van der Waals surface area contributed by atoms with Gasteiger partial charge in [-0.05, 0) is 44.0 Å². The number of nitrogens with one attached hydrogen (secondary N) is 3. The maximum atomic E-state index is 12.9. The average molecular weight is 453 g/mol. The largest absolute Gasteiger partial charge is 0.467 e. The summed E-state index contributed by atoms with van der Waals surface area (Å²) in [4.78, 5) is 40.3. The van der Waals surface area contributed by atoms with E-state index in [-0.39, 0.29) is 25.1 Å². The van der Waals surface area contributed by atoms with Crippen molar-refractivity contribution in [3.63, 3.8) is 0 Å². The van der Waals surface area contributed by atoms with E-state index >= 15 is 0 Å². The van der Waals surface area contributed by atoms with Crippen molar-refractivity contribution in [1.82, 2.24) is 20.9 Å². The highest BCUT2D eigenvalue weighted by Gasteiger charge is 2.37. The SMILES string of the molecule is CCOC(=O)C1=C(CN2CCC[C@@H]2C(=O)NCc2ccco2)NC(=O)N[C@@H]1c1ccccc1. The summed E-state index contributed by atoms with van der Waals surface area (Å²) < 4.78 is 10.6. The van der Waals surface area contributed by atoms with Gasteiger partial charge in [0.15, 0.2) is 0 Å². The third-order valence-corrected chi connectivity index (χ3v) is 5.83. The van der Waals surface area contributed by atoms with Gasteiger partial charge in [0.1, 0.15) is 5.76 Å². The summed E-state index contributed by atoms with van der Waals surface area (Å²) in [6.45, 7) is 3.20. The van der Waals surface area contributed by atoms with E-state index in [4.69, 9.17) is 9.15 Å². The number of ether oxygens (including phenoxy) is 1. The lowest BCUT2D eigenvalue weighted by atomic mass is 9.95. The van der Waals surface area contributed by atoms with Crippen LogP contribution in [0.2, 0.25) is 0 Å². The van der Waals surface area contributed by atoms with Crippen LogP contribution in [0.1, 0.15) is 37.1 Å². The van der Waals surface area contributed by atoms with Gasteiger partial charge in [0.2, 0.25) is 5.91 Å². The van der Waals surface area contributed by atoms with Crippen molar-refractivity contribution in [3.8, 4) is 0 Å². The fourth-order valence-electron chi connectivity index (χ4n) is 4.31. The van der Waals surface area contributed by atoms with E-state index in [9.17, 15) is 14.4 Å². The third kappa shape index (κ3) is 5.25. The summed E-state index contributed by atoms with van der Waals surface area (Å²) >= 11 is 0. The molecule has 3 heterocycles. The van der Waals surface area contributed by atoms with E-state index in [1.165, 1.54) is 0 Å². The van der Waals surface area contributed by atoms with Crippen LogP contribution in [-0.2, 0) is 20.9 Å². The van der Waals surface area contributed by atoms with E-state index in [0.717, 1.165) is 12.0 Å². The first kappa shape index (κ1) is 22.6. The fourth-order valence-corrected chi connectivity index (χ4v) is 4.31. The number of benzene rings is 1. The number of carbonyl (C=O) groups excluding carboxylic acids is 3. The molecule has 1 aromatic heterocycles. The molecule has 9 heteroatoms. The van der Waals surface area contributed by atoms with Crippen molar-refractivity contribution in [2.24, 2.45) is 0 Å². The predicted octanol–water partition coefficient (Wildman–Crippen LogP) is 2.23. The second-order valence-corrected chi connectivity index (χ2v) is 7.98. The van der Waals surface area contributed by atoms with Gasteiger partial charge in [0.05, 0.1) is 37.1 Å².